The number of carbonyl (C=O) groups is 2. The molecule has 1 saturated heterocycles. The largest absolute Gasteiger partial charge is 0.353 e. The van der Waals surface area contributed by atoms with Gasteiger partial charge in [0.05, 0.1) is 16.6 Å². The van der Waals surface area contributed by atoms with Crippen LogP contribution in [0.5, 0.6) is 0 Å². The first-order valence-electron chi connectivity index (χ1n) is 9.75. The molecule has 4 rings (SSSR count). The zero-order chi connectivity index (χ0) is 20.2. The van der Waals surface area contributed by atoms with E-state index in [1.807, 2.05) is 48.2 Å². The molecule has 1 aliphatic heterocycles. The van der Waals surface area contributed by atoms with Gasteiger partial charge in [0, 0.05) is 38.8 Å². The highest BCUT2D eigenvalue weighted by Crippen LogP contribution is 2.27. The van der Waals surface area contributed by atoms with Gasteiger partial charge in [-0.1, -0.05) is 30.4 Å². The summed E-state index contributed by atoms with van der Waals surface area (Å²) < 4.78 is 0.974. The molecule has 0 unspecified atom stereocenters. The molecule has 29 heavy (non-hydrogen) atoms. The highest BCUT2D eigenvalue weighted by atomic mass is 32.1. The molecule has 7 nitrogen and oxygen atoms in total. The molecule has 0 bridgehead atoms. The van der Waals surface area contributed by atoms with E-state index < -0.39 is 0 Å². The van der Waals surface area contributed by atoms with E-state index in [1.54, 1.807) is 6.20 Å². The van der Waals surface area contributed by atoms with Crippen molar-refractivity contribution in [2.45, 2.75) is 19.8 Å². The number of piperazine rings is 1. The lowest BCUT2D eigenvalue weighted by atomic mass is 10.1. The fourth-order valence-corrected chi connectivity index (χ4v) is 4.30. The van der Waals surface area contributed by atoms with Crippen LogP contribution >= 0.6 is 11.3 Å². The third-order valence-corrected chi connectivity index (χ3v) is 5.91. The van der Waals surface area contributed by atoms with Crippen molar-refractivity contribution in [2.24, 2.45) is 0 Å². The van der Waals surface area contributed by atoms with Crippen LogP contribution in [0.1, 0.15) is 18.9 Å². The number of aromatic nitrogens is 2. The Labute approximate surface area is 173 Å². The van der Waals surface area contributed by atoms with E-state index >= 15 is 0 Å². The first-order valence-corrected chi connectivity index (χ1v) is 10.6. The Hall–Kier alpha value is -3.00. The van der Waals surface area contributed by atoms with Crippen LogP contribution in [-0.4, -0.2) is 52.9 Å². The average Bonchev–Trinajstić information content (AvgIpc) is 3.15. The number of anilines is 2. The van der Waals surface area contributed by atoms with Crippen LogP contribution in [-0.2, 0) is 16.0 Å². The lowest BCUT2D eigenvalue weighted by Gasteiger charge is -2.35. The van der Waals surface area contributed by atoms with Crippen molar-refractivity contribution in [3.05, 3.63) is 48.2 Å². The first kappa shape index (κ1) is 19.3. The number of nitrogens with one attached hydrogen (secondary N) is 1. The van der Waals surface area contributed by atoms with Crippen molar-refractivity contribution >= 4 is 44.3 Å². The molecule has 2 aromatic heterocycles. The third kappa shape index (κ3) is 4.54. The minimum atomic E-state index is -0.0516. The second kappa shape index (κ2) is 8.57. The Kier molecular flexibility index (Phi) is 5.71. The number of fused-ring (bicyclic) bond motifs is 1. The smallest absolute Gasteiger partial charge is 0.227 e. The predicted molar refractivity (Wildman–Crippen MR) is 115 cm³/mol. The number of hydrogen-bond donors (Lipinski definition) is 1. The summed E-state index contributed by atoms with van der Waals surface area (Å²) in [7, 11) is 0. The fourth-order valence-electron chi connectivity index (χ4n) is 3.35. The van der Waals surface area contributed by atoms with Crippen LogP contribution in [0.2, 0.25) is 0 Å². The topological polar surface area (TPSA) is 78.4 Å². The normalized spacial score (nSPS) is 14.2. The number of benzene rings is 1. The van der Waals surface area contributed by atoms with Gasteiger partial charge in [-0.05, 0) is 29.8 Å². The number of carbonyl (C=O) groups excluding carboxylic acids is 2. The van der Waals surface area contributed by atoms with Gasteiger partial charge < -0.3 is 15.1 Å². The molecule has 0 spiro atoms. The number of amides is 2. The van der Waals surface area contributed by atoms with Gasteiger partial charge in [0.25, 0.3) is 0 Å². The molecule has 3 aromatic rings. The van der Waals surface area contributed by atoms with Crippen LogP contribution in [0.4, 0.5) is 10.9 Å². The molecule has 1 fully saturated rings. The molecule has 0 atom stereocenters. The second-order valence-electron chi connectivity index (χ2n) is 6.96. The SMILES string of the molecule is CCC(=O)Nc1nc2ccc(CC(=O)N3CCN(c4ccccn4)CC3)cc2s1. The van der Waals surface area contributed by atoms with E-state index in [2.05, 4.69) is 20.2 Å². The average molecular weight is 410 g/mol. The summed E-state index contributed by atoms with van der Waals surface area (Å²) in [6.45, 7) is 4.79. The summed E-state index contributed by atoms with van der Waals surface area (Å²) >= 11 is 1.43. The van der Waals surface area contributed by atoms with Gasteiger partial charge in [0.2, 0.25) is 11.8 Å². The summed E-state index contributed by atoms with van der Waals surface area (Å²) in [5, 5.41) is 3.39. The fraction of sp³-hybridized carbons (Fsp3) is 0.333. The van der Waals surface area contributed by atoms with E-state index in [9.17, 15) is 9.59 Å². The quantitative estimate of drug-likeness (QED) is 0.701. The molecule has 8 heteroatoms. The zero-order valence-corrected chi connectivity index (χ0v) is 17.1. The molecule has 150 valence electrons. The Morgan fingerprint density at radius 1 is 1.14 bits per heavy atom. The third-order valence-electron chi connectivity index (χ3n) is 4.98. The number of thiazole rings is 1. The summed E-state index contributed by atoms with van der Waals surface area (Å²) in [5.74, 6) is 1.04. The van der Waals surface area contributed by atoms with Crippen molar-refractivity contribution in [3.63, 3.8) is 0 Å². The number of nitrogens with zero attached hydrogens (tertiary/aromatic N) is 4. The van der Waals surface area contributed by atoms with Gasteiger partial charge in [-0.2, -0.15) is 0 Å². The zero-order valence-electron chi connectivity index (χ0n) is 16.3. The molecule has 0 radical (unpaired) electrons. The van der Waals surface area contributed by atoms with Gasteiger partial charge in [-0.3, -0.25) is 9.59 Å². The Morgan fingerprint density at radius 3 is 2.69 bits per heavy atom. The van der Waals surface area contributed by atoms with Crippen molar-refractivity contribution in [1.82, 2.24) is 14.9 Å². The molecule has 1 N–H and O–H groups in total. The summed E-state index contributed by atoms with van der Waals surface area (Å²) in [4.78, 5) is 37.3. The lowest BCUT2D eigenvalue weighted by Crippen LogP contribution is -2.49. The minimum Gasteiger partial charge on any atom is -0.353 e. The maximum atomic E-state index is 12.8. The van der Waals surface area contributed by atoms with Gasteiger partial charge >= 0.3 is 0 Å². The molecule has 3 heterocycles. The van der Waals surface area contributed by atoms with E-state index in [-0.39, 0.29) is 11.8 Å². The summed E-state index contributed by atoms with van der Waals surface area (Å²) in [5.41, 5.74) is 1.80. The number of hydrogen-bond acceptors (Lipinski definition) is 6. The van der Waals surface area contributed by atoms with E-state index in [1.165, 1.54) is 11.3 Å². The van der Waals surface area contributed by atoms with E-state index in [0.717, 1.165) is 34.7 Å². The standard InChI is InChI=1S/C21H23N5O2S/c1-2-19(27)24-21-23-16-7-6-15(13-17(16)29-21)14-20(28)26-11-9-25(10-12-26)18-5-3-4-8-22-18/h3-8,13H,2,9-12,14H2,1H3,(H,23,24,27). The highest BCUT2D eigenvalue weighted by molar-refractivity contribution is 7.22. The number of pyridine rings is 1. The molecular weight excluding hydrogens is 386 g/mol. The second-order valence-corrected chi connectivity index (χ2v) is 7.99. The maximum Gasteiger partial charge on any atom is 0.227 e. The molecule has 0 saturated carbocycles. The van der Waals surface area contributed by atoms with Crippen LogP contribution in [0.15, 0.2) is 42.6 Å². The molecule has 1 aromatic carbocycles. The van der Waals surface area contributed by atoms with Gasteiger partial charge in [0.1, 0.15) is 5.82 Å². The first-order chi connectivity index (χ1) is 14.1. The van der Waals surface area contributed by atoms with Crippen molar-refractivity contribution < 1.29 is 9.59 Å². The van der Waals surface area contributed by atoms with Gasteiger partial charge in [-0.25, -0.2) is 9.97 Å². The van der Waals surface area contributed by atoms with Gasteiger partial charge in [0.15, 0.2) is 5.13 Å². The Bertz CT molecular complexity index is 1010. The predicted octanol–water partition coefficient (Wildman–Crippen LogP) is 2.93. The van der Waals surface area contributed by atoms with Crippen LogP contribution < -0.4 is 10.2 Å². The van der Waals surface area contributed by atoms with Crippen molar-refractivity contribution in [3.8, 4) is 0 Å². The Morgan fingerprint density at radius 2 is 1.97 bits per heavy atom. The summed E-state index contributed by atoms with van der Waals surface area (Å²) in [6.07, 6.45) is 2.58. The minimum absolute atomic E-state index is 0.0516. The lowest BCUT2D eigenvalue weighted by molar-refractivity contribution is -0.130. The maximum absolute atomic E-state index is 12.8. The van der Waals surface area contributed by atoms with Crippen LogP contribution in [0, 0.1) is 0 Å². The molecular formula is C21H23N5O2S. The monoisotopic (exact) mass is 409 g/mol. The molecule has 2 amide bonds. The van der Waals surface area contributed by atoms with Crippen molar-refractivity contribution in [2.75, 3.05) is 36.4 Å². The van der Waals surface area contributed by atoms with E-state index in [4.69, 9.17) is 0 Å². The van der Waals surface area contributed by atoms with E-state index in [0.29, 0.717) is 31.1 Å². The van der Waals surface area contributed by atoms with Crippen LogP contribution in [0.25, 0.3) is 10.2 Å². The van der Waals surface area contributed by atoms with Crippen molar-refractivity contribution in [1.29, 1.82) is 0 Å². The highest BCUT2D eigenvalue weighted by Gasteiger charge is 2.22. The molecule has 1 aliphatic rings. The van der Waals surface area contributed by atoms with Gasteiger partial charge in [-0.15, -0.1) is 0 Å². The summed E-state index contributed by atoms with van der Waals surface area (Å²) in [6, 6.07) is 11.7. The van der Waals surface area contributed by atoms with Crippen LogP contribution in [0.3, 0.4) is 0 Å². The molecule has 0 aliphatic carbocycles. The Balaban J connectivity index is 1.37. The number of rotatable bonds is 5.